The summed E-state index contributed by atoms with van der Waals surface area (Å²) in [5, 5.41) is 8.83. The normalized spacial score (nSPS) is 13.6. The quantitative estimate of drug-likeness (QED) is 0.455. The standard InChI is InChI=1S/C28H31N5O3/c1-3-16-33(28(35)23-10-12-24(36-2)13-11-23)21-27(34)32-18-7-17-31(19-20-32)26-15-14-25(29-30-26)22-8-5-4-6-9-22/h3-6,8-15H,1,7,16-21H2,2H3. The van der Waals surface area contributed by atoms with E-state index < -0.39 is 0 Å². The van der Waals surface area contributed by atoms with Crippen LogP contribution in [-0.4, -0.2) is 78.2 Å². The van der Waals surface area contributed by atoms with Gasteiger partial charge >= 0.3 is 0 Å². The third-order valence-electron chi connectivity index (χ3n) is 6.19. The van der Waals surface area contributed by atoms with Crippen molar-refractivity contribution in [3.8, 4) is 17.0 Å². The molecule has 3 aromatic rings. The van der Waals surface area contributed by atoms with Gasteiger partial charge in [0.05, 0.1) is 12.8 Å². The van der Waals surface area contributed by atoms with E-state index in [0.717, 1.165) is 30.0 Å². The van der Waals surface area contributed by atoms with Crippen LogP contribution in [0.5, 0.6) is 5.75 Å². The van der Waals surface area contributed by atoms with E-state index in [1.54, 1.807) is 37.5 Å². The first-order valence-electron chi connectivity index (χ1n) is 12.0. The van der Waals surface area contributed by atoms with Gasteiger partial charge in [-0.05, 0) is 42.8 Å². The van der Waals surface area contributed by atoms with E-state index in [1.165, 1.54) is 4.90 Å². The fourth-order valence-electron chi connectivity index (χ4n) is 4.21. The Morgan fingerprint density at radius 3 is 2.42 bits per heavy atom. The van der Waals surface area contributed by atoms with Gasteiger partial charge in [0.2, 0.25) is 5.91 Å². The number of aromatic nitrogens is 2. The molecule has 2 aromatic carbocycles. The summed E-state index contributed by atoms with van der Waals surface area (Å²) >= 11 is 0. The van der Waals surface area contributed by atoms with E-state index in [-0.39, 0.29) is 18.4 Å². The number of rotatable bonds is 8. The molecule has 0 unspecified atom stereocenters. The molecular weight excluding hydrogens is 454 g/mol. The van der Waals surface area contributed by atoms with Crippen LogP contribution < -0.4 is 9.64 Å². The second-order valence-corrected chi connectivity index (χ2v) is 8.57. The Hall–Kier alpha value is -4.20. The Balaban J connectivity index is 1.36. The first kappa shape index (κ1) is 24.9. The Labute approximate surface area is 211 Å². The lowest BCUT2D eigenvalue weighted by Gasteiger charge is -2.26. The van der Waals surface area contributed by atoms with Crippen molar-refractivity contribution in [2.75, 3.05) is 51.3 Å². The van der Waals surface area contributed by atoms with Crippen molar-refractivity contribution in [2.24, 2.45) is 0 Å². The molecule has 0 aliphatic carbocycles. The fraction of sp³-hybridized carbons (Fsp3) is 0.286. The maximum Gasteiger partial charge on any atom is 0.254 e. The topological polar surface area (TPSA) is 78.9 Å². The number of hydrogen-bond acceptors (Lipinski definition) is 6. The molecule has 0 spiro atoms. The molecule has 1 fully saturated rings. The zero-order chi connectivity index (χ0) is 25.3. The minimum atomic E-state index is -0.212. The van der Waals surface area contributed by atoms with Crippen LogP contribution in [0.1, 0.15) is 16.8 Å². The molecule has 36 heavy (non-hydrogen) atoms. The number of methoxy groups -OCH3 is 1. The van der Waals surface area contributed by atoms with E-state index in [4.69, 9.17) is 4.74 Å². The van der Waals surface area contributed by atoms with Crippen LogP contribution in [0.25, 0.3) is 11.3 Å². The molecule has 0 saturated carbocycles. The SMILES string of the molecule is C=CCN(CC(=O)N1CCCN(c2ccc(-c3ccccc3)nn2)CC1)C(=O)c1ccc(OC)cc1. The minimum absolute atomic E-state index is 0.00244. The highest BCUT2D eigenvalue weighted by atomic mass is 16.5. The van der Waals surface area contributed by atoms with Gasteiger partial charge in [0, 0.05) is 43.9 Å². The van der Waals surface area contributed by atoms with Crippen molar-refractivity contribution in [2.45, 2.75) is 6.42 Å². The molecule has 2 heterocycles. The van der Waals surface area contributed by atoms with Crippen LogP contribution in [0, 0.1) is 0 Å². The van der Waals surface area contributed by atoms with Gasteiger partial charge in [0.1, 0.15) is 12.3 Å². The van der Waals surface area contributed by atoms with Gasteiger partial charge in [-0.2, -0.15) is 0 Å². The van der Waals surface area contributed by atoms with E-state index in [9.17, 15) is 9.59 Å². The van der Waals surface area contributed by atoms with Crippen molar-refractivity contribution < 1.29 is 14.3 Å². The molecule has 0 atom stereocenters. The lowest BCUT2D eigenvalue weighted by Crippen LogP contribution is -2.44. The second kappa shape index (κ2) is 12.0. The Bertz CT molecular complexity index is 1170. The van der Waals surface area contributed by atoms with Crippen molar-refractivity contribution in [3.63, 3.8) is 0 Å². The van der Waals surface area contributed by atoms with Crippen molar-refractivity contribution in [1.82, 2.24) is 20.0 Å². The average Bonchev–Trinajstić information content (AvgIpc) is 3.20. The maximum atomic E-state index is 13.1. The number of ether oxygens (including phenoxy) is 1. The molecule has 1 saturated heterocycles. The highest BCUT2D eigenvalue weighted by molar-refractivity contribution is 5.96. The Kier molecular flexibility index (Phi) is 8.28. The van der Waals surface area contributed by atoms with Crippen LogP contribution >= 0.6 is 0 Å². The van der Waals surface area contributed by atoms with Crippen LogP contribution in [-0.2, 0) is 4.79 Å². The molecular formula is C28H31N5O3. The predicted molar refractivity (Wildman–Crippen MR) is 140 cm³/mol. The van der Waals surface area contributed by atoms with Gasteiger partial charge in [-0.3, -0.25) is 9.59 Å². The van der Waals surface area contributed by atoms with Gasteiger partial charge in [-0.1, -0.05) is 36.4 Å². The van der Waals surface area contributed by atoms with Gasteiger partial charge in [-0.25, -0.2) is 0 Å². The van der Waals surface area contributed by atoms with Crippen molar-refractivity contribution >= 4 is 17.6 Å². The number of hydrogen-bond donors (Lipinski definition) is 0. The van der Waals surface area contributed by atoms with Crippen molar-refractivity contribution in [3.05, 3.63) is 84.9 Å². The summed E-state index contributed by atoms with van der Waals surface area (Å²) in [6.07, 6.45) is 2.44. The molecule has 8 nitrogen and oxygen atoms in total. The van der Waals surface area contributed by atoms with E-state index in [0.29, 0.717) is 37.5 Å². The summed E-state index contributed by atoms with van der Waals surface area (Å²) < 4.78 is 5.17. The highest BCUT2D eigenvalue weighted by Crippen LogP contribution is 2.19. The zero-order valence-electron chi connectivity index (χ0n) is 20.5. The lowest BCUT2D eigenvalue weighted by molar-refractivity contribution is -0.131. The summed E-state index contributed by atoms with van der Waals surface area (Å²) in [7, 11) is 1.58. The molecule has 8 heteroatoms. The van der Waals surface area contributed by atoms with Gasteiger partial charge in [-0.15, -0.1) is 16.8 Å². The minimum Gasteiger partial charge on any atom is -0.497 e. The number of carbonyl (C=O) groups excluding carboxylic acids is 2. The van der Waals surface area contributed by atoms with Crippen LogP contribution in [0.15, 0.2) is 79.4 Å². The third kappa shape index (κ3) is 6.07. The fourth-order valence-corrected chi connectivity index (χ4v) is 4.21. The van der Waals surface area contributed by atoms with Gasteiger partial charge < -0.3 is 19.4 Å². The van der Waals surface area contributed by atoms with Crippen LogP contribution in [0.4, 0.5) is 5.82 Å². The number of nitrogens with zero attached hydrogens (tertiary/aromatic N) is 5. The zero-order valence-corrected chi connectivity index (χ0v) is 20.5. The molecule has 0 radical (unpaired) electrons. The number of amides is 2. The monoisotopic (exact) mass is 485 g/mol. The molecule has 1 aliphatic rings. The summed E-state index contributed by atoms with van der Waals surface area (Å²) in [6.45, 7) is 6.66. The number of benzene rings is 2. The Morgan fingerprint density at radius 2 is 1.75 bits per heavy atom. The maximum absolute atomic E-state index is 13.1. The summed E-state index contributed by atoms with van der Waals surface area (Å²) in [5.41, 5.74) is 2.36. The second-order valence-electron chi connectivity index (χ2n) is 8.57. The largest absolute Gasteiger partial charge is 0.497 e. The lowest BCUT2D eigenvalue weighted by atomic mass is 10.1. The smallest absolute Gasteiger partial charge is 0.254 e. The number of anilines is 1. The molecule has 0 N–H and O–H groups in total. The van der Waals surface area contributed by atoms with E-state index in [2.05, 4.69) is 21.7 Å². The first-order valence-corrected chi connectivity index (χ1v) is 12.0. The van der Waals surface area contributed by atoms with Gasteiger partial charge in [0.25, 0.3) is 5.91 Å². The third-order valence-corrected chi connectivity index (χ3v) is 6.19. The summed E-state index contributed by atoms with van der Waals surface area (Å²) in [5.74, 6) is 1.18. The first-order chi connectivity index (χ1) is 17.6. The van der Waals surface area contributed by atoms with Gasteiger partial charge in [0.15, 0.2) is 5.82 Å². The van der Waals surface area contributed by atoms with Crippen LogP contribution in [0.3, 0.4) is 0 Å². The summed E-state index contributed by atoms with van der Waals surface area (Å²) in [6, 6.07) is 20.8. The molecule has 1 aromatic heterocycles. The average molecular weight is 486 g/mol. The van der Waals surface area contributed by atoms with Crippen molar-refractivity contribution in [1.29, 1.82) is 0 Å². The molecule has 0 bridgehead atoms. The van der Waals surface area contributed by atoms with Crippen LogP contribution in [0.2, 0.25) is 0 Å². The summed E-state index contributed by atoms with van der Waals surface area (Å²) in [4.78, 5) is 31.7. The molecule has 1 aliphatic heterocycles. The Morgan fingerprint density at radius 1 is 0.972 bits per heavy atom. The molecule has 4 rings (SSSR count). The highest BCUT2D eigenvalue weighted by Gasteiger charge is 2.24. The van der Waals surface area contributed by atoms with E-state index in [1.807, 2.05) is 47.4 Å². The molecule has 2 amide bonds. The van der Waals surface area contributed by atoms with E-state index >= 15 is 0 Å². The molecule has 186 valence electrons. The predicted octanol–water partition coefficient (Wildman–Crippen LogP) is 3.52. The number of carbonyl (C=O) groups is 2.